The van der Waals surface area contributed by atoms with Gasteiger partial charge in [0.2, 0.25) is 0 Å². The van der Waals surface area contributed by atoms with Gasteiger partial charge in [-0.05, 0) is 37.2 Å². The molecule has 0 spiro atoms. The molecule has 0 aromatic heterocycles. The Labute approximate surface area is 120 Å². The van der Waals surface area contributed by atoms with E-state index in [1.165, 1.54) is 0 Å². The predicted octanol–water partition coefficient (Wildman–Crippen LogP) is 2.48. The van der Waals surface area contributed by atoms with Gasteiger partial charge in [-0.15, -0.1) is 0 Å². The molecule has 0 heterocycles. The second-order valence-electron chi connectivity index (χ2n) is 4.96. The van der Waals surface area contributed by atoms with Gasteiger partial charge in [-0.25, -0.2) is 0 Å². The third-order valence-corrected chi connectivity index (χ3v) is 3.55. The summed E-state index contributed by atoms with van der Waals surface area (Å²) in [6.07, 6.45) is 0. The number of rotatable bonds is 6. The van der Waals surface area contributed by atoms with Crippen molar-refractivity contribution in [2.45, 2.75) is 12.5 Å². The number of aliphatic hydroxyl groups excluding tert-OH is 1. The molecule has 2 aromatic carbocycles. The Morgan fingerprint density at radius 2 is 1.85 bits per heavy atom. The molecule has 0 aliphatic heterocycles. The standard InChI is InChI=1S/C17H21NO2/c1-14-7-6-10-16(11-14)20-13-17(12-19,18-2)15-8-4-3-5-9-15/h3-11,18-19H,12-13H2,1-2H3. The summed E-state index contributed by atoms with van der Waals surface area (Å²) in [5.74, 6) is 0.814. The molecular formula is C17H21NO2. The molecule has 0 amide bonds. The first-order chi connectivity index (χ1) is 9.70. The summed E-state index contributed by atoms with van der Waals surface area (Å²) in [6.45, 7) is 2.37. The summed E-state index contributed by atoms with van der Waals surface area (Å²) in [5.41, 5.74) is 1.57. The maximum atomic E-state index is 9.82. The topological polar surface area (TPSA) is 41.5 Å². The van der Waals surface area contributed by atoms with Crippen LogP contribution in [-0.2, 0) is 5.54 Å². The van der Waals surface area contributed by atoms with Crippen LogP contribution in [0.4, 0.5) is 0 Å². The Morgan fingerprint density at radius 1 is 1.10 bits per heavy atom. The molecule has 0 bridgehead atoms. The van der Waals surface area contributed by atoms with Crippen molar-refractivity contribution in [1.29, 1.82) is 0 Å². The number of likely N-dealkylation sites (N-methyl/N-ethyl adjacent to an activating group) is 1. The molecule has 0 aliphatic carbocycles. The van der Waals surface area contributed by atoms with Gasteiger partial charge in [0.05, 0.1) is 6.61 Å². The van der Waals surface area contributed by atoms with Crippen LogP contribution in [0.1, 0.15) is 11.1 Å². The van der Waals surface area contributed by atoms with Crippen LogP contribution >= 0.6 is 0 Å². The molecule has 0 aliphatic rings. The normalized spacial score (nSPS) is 13.8. The van der Waals surface area contributed by atoms with E-state index < -0.39 is 5.54 Å². The third kappa shape index (κ3) is 3.18. The van der Waals surface area contributed by atoms with Crippen LogP contribution in [0.2, 0.25) is 0 Å². The summed E-state index contributed by atoms with van der Waals surface area (Å²) in [4.78, 5) is 0. The number of aryl methyl sites for hydroxylation is 1. The summed E-state index contributed by atoms with van der Waals surface area (Å²) < 4.78 is 5.87. The second kappa shape index (κ2) is 6.55. The molecule has 2 rings (SSSR count). The van der Waals surface area contributed by atoms with Crippen molar-refractivity contribution in [2.24, 2.45) is 0 Å². The van der Waals surface area contributed by atoms with Gasteiger partial charge in [0, 0.05) is 0 Å². The van der Waals surface area contributed by atoms with Gasteiger partial charge in [-0.1, -0.05) is 42.5 Å². The maximum Gasteiger partial charge on any atom is 0.119 e. The van der Waals surface area contributed by atoms with Gasteiger partial charge in [-0.3, -0.25) is 0 Å². The van der Waals surface area contributed by atoms with Crippen LogP contribution < -0.4 is 10.1 Å². The number of benzene rings is 2. The zero-order valence-corrected chi connectivity index (χ0v) is 12.0. The Balaban J connectivity index is 2.18. The Morgan fingerprint density at radius 3 is 2.45 bits per heavy atom. The fraction of sp³-hybridized carbons (Fsp3) is 0.294. The second-order valence-corrected chi connectivity index (χ2v) is 4.96. The van der Waals surface area contributed by atoms with Gasteiger partial charge in [0.15, 0.2) is 0 Å². The van der Waals surface area contributed by atoms with Crippen molar-refractivity contribution in [3.8, 4) is 5.75 Å². The number of ether oxygens (including phenoxy) is 1. The lowest BCUT2D eigenvalue weighted by atomic mass is 9.92. The quantitative estimate of drug-likeness (QED) is 0.848. The monoisotopic (exact) mass is 271 g/mol. The average Bonchev–Trinajstić information content (AvgIpc) is 2.50. The zero-order valence-electron chi connectivity index (χ0n) is 12.0. The Hall–Kier alpha value is -1.84. The van der Waals surface area contributed by atoms with E-state index in [4.69, 9.17) is 4.74 Å². The van der Waals surface area contributed by atoms with Crippen molar-refractivity contribution in [3.05, 3.63) is 65.7 Å². The first-order valence-electron chi connectivity index (χ1n) is 6.75. The summed E-state index contributed by atoms with van der Waals surface area (Å²) >= 11 is 0. The molecule has 0 saturated heterocycles. The molecule has 3 heteroatoms. The fourth-order valence-corrected chi connectivity index (χ4v) is 2.18. The highest BCUT2D eigenvalue weighted by Crippen LogP contribution is 2.22. The first kappa shape index (κ1) is 14.6. The Kier molecular flexibility index (Phi) is 4.77. The fourth-order valence-electron chi connectivity index (χ4n) is 2.18. The van der Waals surface area contributed by atoms with Gasteiger partial charge in [0.1, 0.15) is 17.9 Å². The minimum atomic E-state index is -0.592. The Bertz CT molecular complexity index is 536. The number of aliphatic hydroxyl groups is 1. The minimum Gasteiger partial charge on any atom is -0.491 e. The SMILES string of the molecule is CNC(CO)(COc1cccc(C)c1)c1ccccc1. The number of hydrogen-bond acceptors (Lipinski definition) is 3. The van der Waals surface area contributed by atoms with Crippen LogP contribution in [0.25, 0.3) is 0 Å². The lowest BCUT2D eigenvalue weighted by molar-refractivity contribution is 0.108. The van der Waals surface area contributed by atoms with Crippen molar-refractivity contribution >= 4 is 0 Å². The van der Waals surface area contributed by atoms with Crippen LogP contribution in [0.3, 0.4) is 0 Å². The molecule has 3 nitrogen and oxygen atoms in total. The van der Waals surface area contributed by atoms with Crippen molar-refractivity contribution in [3.63, 3.8) is 0 Å². The maximum absolute atomic E-state index is 9.82. The van der Waals surface area contributed by atoms with Gasteiger partial charge in [-0.2, -0.15) is 0 Å². The highest BCUT2D eigenvalue weighted by atomic mass is 16.5. The number of nitrogens with one attached hydrogen (secondary N) is 1. The smallest absolute Gasteiger partial charge is 0.119 e. The average molecular weight is 271 g/mol. The van der Waals surface area contributed by atoms with E-state index in [1.807, 2.05) is 68.6 Å². The molecule has 0 radical (unpaired) electrons. The zero-order chi connectivity index (χ0) is 14.4. The number of hydrogen-bond donors (Lipinski definition) is 2. The molecule has 0 fully saturated rings. The van der Waals surface area contributed by atoms with E-state index in [0.29, 0.717) is 6.61 Å². The van der Waals surface area contributed by atoms with Crippen LogP contribution in [-0.4, -0.2) is 25.4 Å². The third-order valence-electron chi connectivity index (χ3n) is 3.55. The minimum absolute atomic E-state index is 0.0284. The van der Waals surface area contributed by atoms with Gasteiger partial charge >= 0.3 is 0 Å². The summed E-state index contributed by atoms with van der Waals surface area (Å²) in [6, 6.07) is 17.8. The van der Waals surface area contributed by atoms with E-state index in [1.54, 1.807) is 0 Å². The molecule has 20 heavy (non-hydrogen) atoms. The van der Waals surface area contributed by atoms with Crippen molar-refractivity contribution < 1.29 is 9.84 Å². The van der Waals surface area contributed by atoms with E-state index >= 15 is 0 Å². The lowest BCUT2D eigenvalue weighted by Crippen LogP contribution is -2.48. The van der Waals surface area contributed by atoms with E-state index in [0.717, 1.165) is 16.9 Å². The molecule has 2 N–H and O–H groups in total. The van der Waals surface area contributed by atoms with E-state index in [9.17, 15) is 5.11 Å². The summed E-state index contributed by atoms with van der Waals surface area (Å²) in [7, 11) is 1.84. The summed E-state index contributed by atoms with van der Waals surface area (Å²) in [5, 5.41) is 13.0. The lowest BCUT2D eigenvalue weighted by Gasteiger charge is -2.32. The first-order valence-corrected chi connectivity index (χ1v) is 6.75. The predicted molar refractivity (Wildman–Crippen MR) is 80.9 cm³/mol. The molecular weight excluding hydrogens is 250 g/mol. The van der Waals surface area contributed by atoms with Crippen molar-refractivity contribution in [1.82, 2.24) is 5.32 Å². The van der Waals surface area contributed by atoms with Gasteiger partial charge in [0.25, 0.3) is 0 Å². The van der Waals surface area contributed by atoms with Crippen LogP contribution in [0.15, 0.2) is 54.6 Å². The molecule has 1 unspecified atom stereocenters. The van der Waals surface area contributed by atoms with E-state index in [-0.39, 0.29) is 6.61 Å². The van der Waals surface area contributed by atoms with E-state index in [2.05, 4.69) is 5.32 Å². The molecule has 106 valence electrons. The van der Waals surface area contributed by atoms with Crippen LogP contribution in [0, 0.1) is 6.92 Å². The highest BCUT2D eigenvalue weighted by molar-refractivity contribution is 5.29. The van der Waals surface area contributed by atoms with Crippen molar-refractivity contribution in [2.75, 3.05) is 20.3 Å². The molecule has 0 saturated carbocycles. The molecule has 2 aromatic rings. The van der Waals surface area contributed by atoms with Crippen LogP contribution in [0.5, 0.6) is 5.75 Å². The highest BCUT2D eigenvalue weighted by Gasteiger charge is 2.30. The largest absolute Gasteiger partial charge is 0.491 e. The van der Waals surface area contributed by atoms with Gasteiger partial charge < -0.3 is 15.2 Å². The molecule has 1 atom stereocenters.